The Bertz CT molecular complexity index is 456. The van der Waals surface area contributed by atoms with E-state index in [1.165, 1.54) is 0 Å². The lowest BCUT2D eigenvalue weighted by atomic mass is 9.90. The van der Waals surface area contributed by atoms with Crippen LogP contribution in [0.15, 0.2) is 18.2 Å². The Kier molecular flexibility index (Phi) is 2.83. The number of carbonyl (C=O) groups is 1. The van der Waals surface area contributed by atoms with Crippen molar-refractivity contribution >= 4 is 5.97 Å². The smallest absolute Gasteiger partial charge is 0.328 e. The molecule has 0 fully saturated rings. The van der Waals surface area contributed by atoms with Crippen LogP contribution in [-0.4, -0.2) is 37.2 Å². The molecule has 4 nitrogen and oxygen atoms in total. The summed E-state index contributed by atoms with van der Waals surface area (Å²) in [6.07, 6.45) is 1.40. The number of hydrogen-bond acceptors (Lipinski definition) is 3. The molecule has 0 aromatic heterocycles. The van der Waals surface area contributed by atoms with Crippen molar-refractivity contribution in [3.05, 3.63) is 29.3 Å². The van der Waals surface area contributed by atoms with E-state index in [2.05, 4.69) is 0 Å². The van der Waals surface area contributed by atoms with Gasteiger partial charge in [0.05, 0.1) is 7.11 Å². The average molecular weight is 235 g/mol. The Morgan fingerprint density at radius 2 is 2.18 bits per heavy atom. The van der Waals surface area contributed by atoms with Gasteiger partial charge in [-0.25, -0.2) is 4.79 Å². The fourth-order valence-electron chi connectivity index (χ4n) is 2.61. The van der Waals surface area contributed by atoms with Gasteiger partial charge in [0.25, 0.3) is 0 Å². The Hall–Kier alpha value is -1.55. The van der Waals surface area contributed by atoms with E-state index in [4.69, 9.17) is 4.74 Å². The van der Waals surface area contributed by atoms with Gasteiger partial charge in [0.2, 0.25) is 0 Å². The largest absolute Gasteiger partial charge is 0.497 e. The number of likely N-dealkylation sites (N-methyl/N-ethyl adjacent to an activating group) is 1. The minimum atomic E-state index is -0.913. The number of ether oxygens (including phenoxy) is 1. The monoisotopic (exact) mass is 235 g/mol. The molecule has 2 rings (SSSR count). The number of carboxylic acids is 1. The Morgan fingerprint density at radius 1 is 1.47 bits per heavy atom. The van der Waals surface area contributed by atoms with Gasteiger partial charge in [0.1, 0.15) is 11.3 Å². The van der Waals surface area contributed by atoms with Crippen molar-refractivity contribution in [1.82, 2.24) is 4.90 Å². The van der Waals surface area contributed by atoms with Crippen molar-refractivity contribution < 1.29 is 14.6 Å². The zero-order chi connectivity index (χ0) is 12.6. The molecular weight excluding hydrogens is 218 g/mol. The molecule has 0 aliphatic heterocycles. The van der Waals surface area contributed by atoms with Gasteiger partial charge in [-0.15, -0.1) is 0 Å². The van der Waals surface area contributed by atoms with Crippen LogP contribution in [0.4, 0.5) is 0 Å². The van der Waals surface area contributed by atoms with E-state index in [1.54, 1.807) is 12.0 Å². The second-order valence-electron chi connectivity index (χ2n) is 4.58. The SMILES string of the molecule is COc1ccc2c(c1)C(C(=O)O)(N(C)C)CC2. The summed E-state index contributed by atoms with van der Waals surface area (Å²) >= 11 is 0. The number of carboxylic acid groups (broad SMARTS) is 1. The molecule has 17 heavy (non-hydrogen) atoms. The first kappa shape index (κ1) is 11.9. The number of aliphatic carboxylic acids is 1. The Labute approximate surface area is 101 Å². The van der Waals surface area contributed by atoms with Crippen LogP contribution >= 0.6 is 0 Å². The lowest BCUT2D eigenvalue weighted by molar-refractivity contribution is -0.150. The van der Waals surface area contributed by atoms with E-state index >= 15 is 0 Å². The first-order valence-electron chi connectivity index (χ1n) is 5.60. The molecule has 1 aliphatic carbocycles. The lowest BCUT2D eigenvalue weighted by Crippen LogP contribution is -2.46. The number of methoxy groups -OCH3 is 1. The summed E-state index contributed by atoms with van der Waals surface area (Å²) in [5.74, 6) is -0.0902. The quantitative estimate of drug-likeness (QED) is 0.862. The van der Waals surface area contributed by atoms with Gasteiger partial charge in [-0.1, -0.05) is 6.07 Å². The molecule has 0 heterocycles. The van der Waals surface area contributed by atoms with Crippen molar-refractivity contribution in [2.45, 2.75) is 18.4 Å². The number of rotatable bonds is 3. The van der Waals surface area contributed by atoms with Crippen molar-refractivity contribution in [3.8, 4) is 5.75 Å². The number of fused-ring (bicyclic) bond motifs is 1. The first-order chi connectivity index (χ1) is 8.02. The molecule has 1 N–H and O–H groups in total. The normalized spacial score (nSPS) is 22.6. The fraction of sp³-hybridized carbons (Fsp3) is 0.462. The van der Waals surface area contributed by atoms with Crippen molar-refractivity contribution in [3.63, 3.8) is 0 Å². The third-order valence-electron chi connectivity index (χ3n) is 3.64. The third kappa shape index (κ3) is 1.60. The highest BCUT2D eigenvalue weighted by Gasteiger charge is 2.47. The predicted molar refractivity (Wildman–Crippen MR) is 64.3 cm³/mol. The fourth-order valence-corrected chi connectivity index (χ4v) is 2.61. The van der Waals surface area contributed by atoms with Crippen molar-refractivity contribution in [2.75, 3.05) is 21.2 Å². The topological polar surface area (TPSA) is 49.8 Å². The second kappa shape index (κ2) is 4.04. The van der Waals surface area contributed by atoms with Crippen LogP contribution in [0.3, 0.4) is 0 Å². The number of hydrogen-bond donors (Lipinski definition) is 1. The molecule has 0 saturated heterocycles. The Balaban J connectivity index is 2.60. The van der Waals surface area contributed by atoms with Gasteiger partial charge in [0, 0.05) is 0 Å². The van der Waals surface area contributed by atoms with Gasteiger partial charge in [0.15, 0.2) is 0 Å². The summed E-state index contributed by atoms with van der Waals surface area (Å²) in [6, 6.07) is 5.69. The summed E-state index contributed by atoms with van der Waals surface area (Å²) < 4.78 is 5.18. The molecule has 0 bridgehead atoms. The maximum Gasteiger partial charge on any atom is 0.328 e. The van der Waals surface area contributed by atoms with Crippen LogP contribution in [0.2, 0.25) is 0 Å². The van der Waals surface area contributed by atoms with E-state index in [1.807, 2.05) is 32.3 Å². The summed E-state index contributed by atoms with van der Waals surface area (Å²) in [7, 11) is 5.21. The van der Waals surface area contributed by atoms with E-state index in [0.29, 0.717) is 12.2 Å². The first-order valence-corrected chi connectivity index (χ1v) is 5.60. The molecular formula is C13H17NO3. The van der Waals surface area contributed by atoms with Gasteiger partial charge in [-0.05, 0) is 50.2 Å². The van der Waals surface area contributed by atoms with E-state index in [-0.39, 0.29) is 0 Å². The minimum Gasteiger partial charge on any atom is -0.497 e. The van der Waals surface area contributed by atoms with Crippen LogP contribution in [0.5, 0.6) is 5.75 Å². The Morgan fingerprint density at radius 3 is 2.71 bits per heavy atom. The molecule has 0 radical (unpaired) electrons. The lowest BCUT2D eigenvalue weighted by Gasteiger charge is -2.33. The third-order valence-corrected chi connectivity index (χ3v) is 3.64. The van der Waals surface area contributed by atoms with Crippen LogP contribution in [0.25, 0.3) is 0 Å². The standard InChI is InChI=1S/C13H17NO3/c1-14(2)13(12(15)16)7-6-9-4-5-10(17-3)8-11(9)13/h4-5,8H,6-7H2,1-3H3,(H,15,16). The van der Waals surface area contributed by atoms with E-state index in [0.717, 1.165) is 17.5 Å². The van der Waals surface area contributed by atoms with Crippen molar-refractivity contribution in [1.29, 1.82) is 0 Å². The molecule has 1 aromatic rings. The molecule has 1 atom stereocenters. The van der Waals surface area contributed by atoms with Gasteiger partial charge >= 0.3 is 5.97 Å². The van der Waals surface area contributed by atoms with Crippen LogP contribution in [-0.2, 0) is 16.8 Å². The van der Waals surface area contributed by atoms with Gasteiger partial charge < -0.3 is 9.84 Å². The summed E-state index contributed by atoms with van der Waals surface area (Å²) in [4.78, 5) is 13.4. The highest BCUT2D eigenvalue weighted by Crippen LogP contribution is 2.42. The van der Waals surface area contributed by atoms with Crippen LogP contribution in [0.1, 0.15) is 17.5 Å². The van der Waals surface area contributed by atoms with Crippen molar-refractivity contribution in [2.24, 2.45) is 0 Å². The summed E-state index contributed by atoms with van der Waals surface area (Å²) in [6.45, 7) is 0. The molecule has 1 unspecified atom stereocenters. The van der Waals surface area contributed by atoms with Gasteiger partial charge in [-0.2, -0.15) is 0 Å². The maximum atomic E-state index is 11.6. The molecule has 1 aliphatic rings. The molecule has 1 aromatic carbocycles. The molecule has 0 spiro atoms. The predicted octanol–water partition coefficient (Wildman–Crippen LogP) is 1.48. The zero-order valence-corrected chi connectivity index (χ0v) is 10.4. The maximum absolute atomic E-state index is 11.6. The average Bonchev–Trinajstić information content (AvgIpc) is 2.68. The minimum absolute atomic E-state index is 0.609. The van der Waals surface area contributed by atoms with Crippen LogP contribution < -0.4 is 4.74 Å². The zero-order valence-electron chi connectivity index (χ0n) is 10.4. The molecule has 4 heteroatoms. The molecule has 0 amide bonds. The van der Waals surface area contributed by atoms with Gasteiger partial charge in [-0.3, -0.25) is 4.90 Å². The van der Waals surface area contributed by atoms with E-state index in [9.17, 15) is 9.90 Å². The summed E-state index contributed by atoms with van der Waals surface area (Å²) in [5, 5.41) is 9.56. The second-order valence-corrected chi connectivity index (χ2v) is 4.58. The summed E-state index contributed by atoms with van der Waals surface area (Å²) in [5.41, 5.74) is 1.04. The number of aryl methyl sites for hydroxylation is 1. The number of nitrogens with zero attached hydrogens (tertiary/aromatic N) is 1. The molecule has 92 valence electrons. The van der Waals surface area contributed by atoms with Crippen LogP contribution in [0, 0.1) is 0 Å². The highest BCUT2D eigenvalue weighted by molar-refractivity contribution is 5.82. The van der Waals surface area contributed by atoms with E-state index < -0.39 is 11.5 Å². The number of benzene rings is 1. The molecule has 0 saturated carbocycles. The highest BCUT2D eigenvalue weighted by atomic mass is 16.5.